The van der Waals surface area contributed by atoms with Crippen LogP contribution < -0.4 is 4.74 Å². The fourth-order valence-electron chi connectivity index (χ4n) is 2.77. The van der Waals surface area contributed by atoms with Crippen molar-refractivity contribution in [3.05, 3.63) is 90.0 Å². The third kappa shape index (κ3) is 8.21. The van der Waals surface area contributed by atoms with Crippen LogP contribution in [0.2, 0.25) is 0 Å². The van der Waals surface area contributed by atoms with E-state index in [2.05, 4.69) is 27.0 Å². The first-order valence-electron chi connectivity index (χ1n) is 10.7. The van der Waals surface area contributed by atoms with Gasteiger partial charge in [0.1, 0.15) is 23.9 Å². The predicted molar refractivity (Wildman–Crippen MR) is 134 cm³/mol. The number of unbranched alkanes of at least 4 members (excludes halogenated alkanes) is 1. The normalized spacial score (nSPS) is 12.0. The molecule has 2 aromatic rings. The monoisotopic (exact) mass is 420 g/mol. The van der Waals surface area contributed by atoms with Crippen LogP contribution in [0.5, 0.6) is 17.2 Å². The molecule has 1 aliphatic heterocycles. The topological polar surface area (TPSA) is 49.7 Å². The van der Waals surface area contributed by atoms with Gasteiger partial charge >= 0.3 is 0 Å². The molecule has 0 fully saturated rings. The molecule has 0 aliphatic carbocycles. The summed E-state index contributed by atoms with van der Waals surface area (Å²) in [7, 11) is 0. The lowest BCUT2D eigenvalue weighted by Gasteiger charge is -2.23. The van der Waals surface area contributed by atoms with Crippen LogP contribution in [-0.4, -0.2) is 16.8 Å². The fourth-order valence-corrected chi connectivity index (χ4v) is 2.77. The van der Waals surface area contributed by atoms with Crippen molar-refractivity contribution in [3.8, 4) is 17.2 Å². The maximum absolute atomic E-state index is 10.0. The molecule has 166 valence electrons. The van der Waals surface area contributed by atoms with Crippen molar-refractivity contribution >= 4 is 11.1 Å². The molecule has 0 aromatic heterocycles. The van der Waals surface area contributed by atoms with Gasteiger partial charge in [0.15, 0.2) is 0 Å². The molecule has 0 atom stereocenters. The minimum Gasteiger partial charge on any atom is -0.508 e. The Morgan fingerprint density at radius 3 is 2.19 bits per heavy atom. The molecule has 0 radical (unpaired) electrons. The van der Waals surface area contributed by atoms with E-state index in [1.165, 1.54) is 18.9 Å². The van der Waals surface area contributed by atoms with Crippen molar-refractivity contribution in [2.75, 3.05) is 6.61 Å². The van der Waals surface area contributed by atoms with Gasteiger partial charge in [0.05, 0.1) is 0 Å². The minimum absolute atomic E-state index is 0.0530. The number of aromatic hydroxyl groups is 2. The second-order valence-electron chi connectivity index (χ2n) is 7.53. The number of hydrogen-bond acceptors (Lipinski definition) is 3. The third-order valence-corrected chi connectivity index (χ3v) is 4.69. The van der Waals surface area contributed by atoms with Crippen LogP contribution in [0.4, 0.5) is 0 Å². The number of rotatable bonds is 4. The summed E-state index contributed by atoms with van der Waals surface area (Å²) in [5.74, 6) is 1.00. The van der Waals surface area contributed by atoms with Crippen LogP contribution >= 0.6 is 0 Å². The van der Waals surface area contributed by atoms with Gasteiger partial charge in [-0.05, 0) is 50.1 Å². The van der Waals surface area contributed by atoms with Gasteiger partial charge in [-0.15, -0.1) is 0 Å². The summed E-state index contributed by atoms with van der Waals surface area (Å²) in [6.07, 6.45) is 8.14. The van der Waals surface area contributed by atoms with Crippen molar-refractivity contribution in [1.29, 1.82) is 0 Å². The number of hydrogen-bond donors (Lipinski definition) is 2. The third-order valence-electron chi connectivity index (χ3n) is 4.69. The van der Waals surface area contributed by atoms with Crippen molar-refractivity contribution in [2.24, 2.45) is 0 Å². The van der Waals surface area contributed by atoms with E-state index >= 15 is 0 Å². The highest BCUT2D eigenvalue weighted by Gasteiger charge is 2.20. The largest absolute Gasteiger partial charge is 0.508 e. The summed E-state index contributed by atoms with van der Waals surface area (Å²) in [6.45, 7) is 17.9. The first kappa shape index (κ1) is 25.8. The Kier molecular flexibility index (Phi) is 11.0. The number of aryl methyl sites for hydroxylation is 1. The molecule has 1 heterocycles. The molecular formula is C28H36O3. The second kappa shape index (κ2) is 13.2. The average Bonchev–Trinajstić information content (AvgIpc) is 2.73. The Balaban J connectivity index is 0.000000366. The lowest BCUT2D eigenvalue weighted by atomic mass is 9.92. The van der Waals surface area contributed by atoms with E-state index in [0.29, 0.717) is 12.2 Å². The van der Waals surface area contributed by atoms with Crippen LogP contribution in [0.1, 0.15) is 57.2 Å². The molecule has 0 unspecified atom stereocenters. The van der Waals surface area contributed by atoms with Crippen molar-refractivity contribution in [1.82, 2.24) is 0 Å². The van der Waals surface area contributed by atoms with Gasteiger partial charge in [0.25, 0.3) is 0 Å². The molecule has 3 rings (SSSR count). The van der Waals surface area contributed by atoms with Gasteiger partial charge in [-0.25, -0.2) is 0 Å². The Morgan fingerprint density at radius 1 is 1.03 bits per heavy atom. The maximum atomic E-state index is 10.0. The Labute approximate surface area is 187 Å². The standard InChI is InChI=1S/C17H16O3.C7H10.C4H10/c1-10-3-5-13-11(2)15(9-20-17(13)7-10)14-6-4-12(18)8-16(14)19;1-4-5-6-7(2)3;1-3-4-2/h3-8,18-19H,9H2,1-2H3;4-6H,1-2H2,3H3;3-4H2,1-2H3/b;6-5-;. The van der Waals surface area contributed by atoms with E-state index in [-0.39, 0.29) is 11.5 Å². The van der Waals surface area contributed by atoms with Crippen LogP contribution in [0.3, 0.4) is 0 Å². The van der Waals surface area contributed by atoms with Gasteiger partial charge in [0, 0.05) is 22.8 Å². The minimum atomic E-state index is 0.0530. The number of phenolic OH excluding ortho intramolecular Hbond substituents is 2. The summed E-state index contributed by atoms with van der Waals surface area (Å²) >= 11 is 0. The smallest absolute Gasteiger partial charge is 0.127 e. The zero-order chi connectivity index (χ0) is 23.4. The summed E-state index contributed by atoms with van der Waals surface area (Å²) in [4.78, 5) is 0. The first-order chi connectivity index (χ1) is 14.7. The number of allylic oxidation sites excluding steroid dienone is 5. The van der Waals surface area contributed by atoms with E-state index in [0.717, 1.165) is 33.6 Å². The highest BCUT2D eigenvalue weighted by molar-refractivity contribution is 5.95. The highest BCUT2D eigenvalue weighted by Crippen LogP contribution is 2.40. The molecule has 0 saturated heterocycles. The Hall–Kier alpha value is -3.20. The van der Waals surface area contributed by atoms with Crippen LogP contribution in [0.25, 0.3) is 11.1 Å². The Bertz CT molecular complexity index is 947. The molecule has 3 heteroatoms. The quantitative estimate of drug-likeness (QED) is 0.495. The summed E-state index contributed by atoms with van der Waals surface area (Å²) in [5.41, 5.74) is 5.99. The fraction of sp³-hybridized carbons (Fsp3) is 0.286. The molecule has 0 saturated carbocycles. The Morgan fingerprint density at radius 2 is 1.68 bits per heavy atom. The number of benzene rings is 2. The predicted octanol–water partition coefficient (Wildman–Crippen LogP) is 7.84. The van der Waals surface area contributed by atoms with E-state index < -0.39 is 0 Å². The lowest BCUT2D eigenvalue weighted by Crippen LogP contribution is -2.10. The molecule has 0 bridgehead atoms. The van der Waals surface area contributed by atoms with Crippen molar-refractivity contribution in [3.63, 3.8) is 0 Å². The average molecular weight is 421 g/mol. The number of ether oxygens (including phenoxy) is 1. The van der Waals surface area contributed by atoms with Crippen LogP contribution in [-0.2, 0) is 0 Å². The molecular weight excluding hydrogens is 384 g/mol. The SMILES string of the molecule is C=C/C=C\C(=C)C.CC1=C(c2ccc(O)cc2O)COc2cc(C)ccc21.CCCC. The van der Waals surface area contributed by atoms with Crippen molar-refractivity contribution in [2.45, 2.75) is 47.5 Å². The van der Waals surface area contributed by atoms with Crippen molar-refractivity contribution < 1.29 is 14.9 Å². The molecule has 3 nitrogen and oxygen atoms in total. The zero-order valence-electron chi connectivity index (χ0n) is 19.5. The van der Waals surface area contributed by atoms with E-state index in [9.17, 15) is 10.2 Å². The first-order valence-corrected chi connectivity index (χ1v) is 10.7. The molecule has 2 aromatic carbocycles. The van der Waals surface area contributed by atoms with E-state index in [1.807, 2.05) is 51.1 Å². The van der Waals surface area contributed by atoms with Gasteiger partial charge in [-0.3, -0.25) is 0 Å². The second-order valence-corrected chi connectivity index (χ2v) is 7.53. The van der Waals surface area contributed by atoms with Gasteiger partial charge < -0.3 is 14.9 Å². The maximum Gasteiger partial charge on any atom is 0.127 e. The van der Waals surface area contributed by atoms with E-state index in [1.54, 1.807) is 18.2 Å². The van der Waals surface area contributed by atoms with Crippen LogP contribution in [0, 0.1) is 6.92 Å². The number of phenols is 2. The highest BCUT2D eigenvalue weighted by atomic mass is 16.5. The van der Waals surface area contributed by atoms with Gasteiger partial charge in [-0.1, -0.05) is 75.8 Å². The number of fused-ring (bicyclic) bond motifs is 1. The van der Waals surface area contributed by atoms with E-state index in [4.69, 9.17) is 4.74 Å². The molecule has 0 amide bonds. The summed E-state index contributed by atoms with van der Waals surface area (Å²) in [6, 6.07) is 10.7. The van der Waals surface area contributed by atoms with Crippen LogP contribution in [0.15, 0.2) is 73.4 Å². The van der Waals surface area contributed by atoms with Gasteiger partial charge in [0.2, 0.25) is 0 Å². The molecule has 31 heavy (non-hydrogen) atoms. The molecule has 2 N–H and O–H groups in total. The summed E-state index contributed by atoms with van der Waals surface area (Å²) < 4.78 is 5.80. The summed E-state index contributed by atoms with van der Waals surface area (Å²) in [5, 5.41) is 19.4. The molecule has 1 aliphatic rings. The molecule has 0 spiro atoms. The zero-order valence-corrected chi connectivity index (χ0v) is 19.5. The lowest BCUT2D eigenvalue weighted by molar-refractivity contribution is 0.363. The van der Waals surface area contributed by atoms with Gasteiger partial charge in [-0.2, -0.15) is 0 Å².